The molecule has 19 heavy (non-hydrogen) atoms. The maximum Gasteiger partial charge on any atom is 0.222 e. The van der Waals surface area contributed by atoms with Gasteiger partial charge in [-0.2, -0.15) is 0 Å². The smallest absolute Gasteiger partial charge is 0.222 e. The second kappa shape index (κ2) is 5.95. The summed E-state index contributed by atoms with van der Waals surface area (Å²) in [6, 6.07) is 9.92. The molecular formula is C14H16N4O. The first-order chi connectivity index (χ1) is 9.17. The lowest BCUT2D eigenvalue weighted by atomic mass is 10.1. The van der Waals surface area contributed by atoms with Crippen molar-refractivity contribution in [3.8, 4) is 0 Å². The van der Waals surface area contributed by atoms with Crippen molar-refractivity contribution in [3.05, 3.63) is 47.9 Å². The fourth-order valence-electron chi connectivity index (χ4n) is 1.74. The van der Waals surface area contributed by atoms with Gasteiger partial charge in [0.15, 0.2) is 0 Å². The number of rotatable bonds is 4. The largest absolute Gasteiger partial charge is 0.388 e. The highest BCUT2D eigenvalue weighted by Gasteiger charge is 2.02. The van der Waals surface area contributed by atoms with Crippen molar-refractivity contribution in [2.75, 3.05) is 17.7 Å². The molecule has 1 aromatic heterocycles. The number of carbonyl (C=O) groups excluding carboxylic acids is 1. The van der Waals surface area contributed by atoms with E-state index in [1.807, 2.05) is 31.3 Å². The van der Waals surface area contributed by atoms with Crippen LogP contribution in [0, 0.1) is 0 Å². The van der Waals surface area contributed by atoms with Gasteiger partial charge < -0.3 is 10.6 Å². The highest BCUT2D eigenvalue weighted by atomic mass is 16.1. The molecule has 0 atom stereocenters. The number of benzene rings is 1. The topological polar surface area (TPSA) is 66.9 Å². The van der Waals surface area contributed by atoms with Crippen LogP contribution in [0.3, 0.4) is 0 Å². The highest BCUT2D eigenvalue weighted by Crippen LogP contribution is 2.13. The Morgan fingerprint density at radius 1 is 1.21 bits per heavy atom. The van der Waals surface area contributed by atoms with Gasteiger partial charge in [0, 0.05) is 32.1 Å². The standard InChI is InChI=1S/C14H16N4O/c1-10(19)18-14-8-13(16-9-17-14)7-11-3-5-12(15-2)6-4-11/h3-6,8-9,15H,7H2,1-2H3,(H,16,17,18,19). The fraction of sp³-hybridized carbons (Fsp3) is 0.214. The van der Waals surface area contributed by atoms with E-state index in [0.29, 0.717) is 12.2 Å². The highest BCUT2D eigenvalue weighted by molar-refractivity contribution is 5.87. The van der Waals surface area contributed by atoms with Gasteiger partial charge in [-0.25, -0.2) is 9.97 Å². The van der Waals surface area contributed by atoms with Crippen LogP contribution in [0.2, 0.25) is 0 Å². The van der Waals surface area contributed by atoms with Gasteiger partial charge in [0.25, 0.3) is 0 Å². The summed E-state index contributed by atoms with van der Waals surface area (Å²) in [7, 11) is 1.89. The van der Waals surface area contributed by atoms with Crippen molar-refractivity contribution in [1.82, 2.24) is 9.97 Å². The van der Waals surface area contributed by atoms with Gasteiger partial charge in [0.05, 0.1) is 5.69 Å². The molecule has 0 unspecified atom stereocenters. The van der Waals surface area contributed by atoms with Crippen molar-refractivity contribution in [2.45, 2.75) is 13.3 Å². The minimum Gasteiger partial charge on any atom is -0.388 e. The molecule has 5 nitrogen and oxygen atoms in total. The molecule has 5 heteroatoms. The third-order valence-corrected chi connectivity index (χ3v) is 2.66. The molecule has 2 N–H and O–H groups in total. The van der Waals surface area contributed by atoms with Crippen molar-refractivity contribution >= 4 is 17.4 Å². The molecule has 0 aliphatic rings. The van der Waals surface area contributed by atoms with E-state index in [-0.39, 0.29) is 5.91 Å². The first-order valence-corrected chi connectivity index (χ1v) is 6.02. The first-order valence-electron chi connectivity index (χ1n) is 6.02. The first kappa shape index (κ1) is 13.0. The Balaban J connectivity index is 2.11. The summed E-state index contributed by atoms with van der Waals surface area (Å²) in [6.45, 7) is 1.46. The Kier molecular flexibility index (Phi) is 4.07. The zero-order valence-corrected chi connectivity index (χ0v) is 11.0. The van der Waals surface area contributed by atoms with Crippen molar-refractivity contribution in [2.24, 2.45) is 0 Å². The third-order valence-electron chi connectivity index (χ3n) is 2.66. The minimum absolute atomic E-state index is 0.136. The summed E-state index contributed by atoms with van der Waals surface area (Å²) in [5.41, 5.74) is 3.10. The van der Waals surface area contributed by atoms with E-state index in [0.717, 1.165) is 16.9 Å². The SMILES string of the molecule is CNc1ccc(Cc2cc(NC(C)=O)ncn2)cc1. The number of anilines is 2. The van der Waals surface area contributed by atoms with Gasteiger partial charge in [-0.05, 0) is 17.7 Å². The van der Waals surface area contributed by atoms with Crippen LogP contribution in [-0.4, -0.2) is 22.9 Å². The van der Waals surface area contributed by atoms with Crippen LogP contribution in [-0.2, 0) is 11.2 Å². The molecule has 98 valence electrons. The zero-order valence-electron chi connectivity index (χ0n) is 11.0. The Morgan fingerprint density at radius 2 is 1.95 bits per heavy atom. The van der Waals surface area contributed by atoms with Gasteiger partial charge in [-0.1, -0.05) is 12.1 Å². The number of hydrogen-bond donors (Lipinski definition) is 2. The maximum atomic E-state index is 11.0. The van der Waals surface area contributed by atoms with Crippen LogP contribution < -0.4 is 10.6 Å². The predicted octanol–water partition coefficient (Wildman–Crippen LogP) is 2.07. The summed E-state index contributed by atoms with van der Waals surface area (Å²) < 4.78 is 0. The van der Waals surface area contributed by atoms with E-state index in [1.54, 1.807) is 6.07 Å². The number of carbonyl (C=O) groups is 1. The third kappa shape index (κ3) is 3.77. The maximum absolute atomic E-state index is 11.0. The van der Waals surface area contributed by atoms with E-state index >= 15 is 0 Å². The fourth-order valence-corrected chi connectivity index (χ4v) is 1.74. The molecule has 0 spiro atoms. The quantitative estimate of drug-likeness (QED) is 0.878. The van der Waals surface area contributed by atoms with E-state index in [4.69, 9.17) is 0 Å². The number of nitrogens with zero attached hydrogens (tertiary/aromatic N) is 2. The van der Waals surface area contributed by atoms with Crippen LogP contribution in [0.25, 0.3) is 0 Å². The molecule has 2 aromatic rings. The van der Waals surface area contributed by atoms with Crippen LogP contribution in [0.5, 0.6) is 0 Å². The summed E-state index contributed by atoms with van der Waals surface area (Å²) >= 11 is 0. The molecule has 0 aliphatic carbocycles. The Labute approximate surface area is 112 Å². The van der Waals surface area contributed by atoms with Gasteiger partial charge in [0.2, 0.25) is 5.91 Å². The molecule has 1 amide bonds. The molecule has 2 rings (SSSR count). The number of amides is 1. The van der Waals surface area contributed by atoms with Crippen LogP contribution in [0.1, 0.15) is 18.2 Å². The summed E-state index contributed by atoms with van der Waals surface area (Å²) in [6.07, 6.45) is 2.17. The van der Waals surface area contributed by atoms with E-state index < -0.39 is 0 Å². The van der Waals surface area contributed by atoms with Crippen LogP contribution in [0.4, 0.5) is 11.5 Å². The van der Waals surface area contributed by atoms with E-state index in [1.165, 1.54) is 13.3 Å². The molecular weight excluding hydrogens is 240 g/mol. The number of nitrogens with one attached hydrogen (secondary N) is 2. The average Bonchev–Trinajstić information content (AvgIpc) is 2.39. The molecule has 0 bridgehead atoms. The summed E-state index contributed by atoms with van der Waals surface area (Å²) in [5.74, 6) is 0.396. The van der Waals surface area contributed by atoms with Gasteiger partial charge in [-0.15, -0.1) is 0 Å². The lowest BCUT2D eigenvalue weighted by Crippen LogP contribution is -2.08. The lowest BCUT2D eigenvalue weighted by molar-refractivity contribution is -0.114. The summed E-state index contributed by atoms with van der Waals surface area (Å²) in [4.78, 5) is 19.2. The van der Waals surface area contributed by atoms with Gasteiger partial charge >= 0.3 is 0 Å². The van der Waals surface area contributed by atoms with Crippen molar-refractivity contribution < 1.29 is 4.79 Å². The second-order valence-electron chi connectivity index (χ2n) is 4.20. The van der Waals surface area contributed by atoms with E-state index in [2.05, 4.69) is 20.6 Å². The minimum atomic E-state index is -0.136. The molecule has 0 radical (unpaired) electrons. The van der Waals surface area contributed by atoms with Crippen molar-refractivity contribution in [3.63, 3.8) is 0 Å². The Hall–Kier alpha value is -2.43. The van der Waals surface area contributed by atoms with Gasteiger partial charge in [0.1, 0.15) is 12.1 Å². The Morgan fingerprint density at radius 3 is 2.58 bits per heavy atom. The summed E-state index contributed by atoms with van der Waals surface area (Å²) in [5, 5.41) is 5.72. The van der Waals surface area contributed by atoms with Gasteiger partial charge in [-0.3, -0.25) is 4.79 Å². The molecule has 1 heterocycles. The molecule has 0 saturated carbocycles. The molecule has 0 fully saturated rings. The molecule has 0 aliphatic heterocycles. The predicted molar refractivity (Wildman–Crippen MR) is 75.1 cm³/mol. The second-order valence-corrected chi connectivity index (χ2v) is 4.20. The van der Waals surface area contributed by atoms with Crippen molar-refractivity contribution in [1.29, 1.82) is 0 Å². The molecule has 1 aromatic carbocycles. The van der Waals surface area contributed by atoms with Crippen LogP contribution in [0.15, 0.2) is 36.7 Å². The number of hydrogen-bond acceptors (Lipinski definition) is 4. The monoisotopic (exact) mass is 256 g/mol. The van der Waals surface area contributed by atoms with E-state index in [9.17, 15) is 4.79 Å². The number of aromatic nitrogens is 2. The normalized spacial score (nSPS) is 10.0. The molecule has 0 saturated heterocycles. The zero-order chi connectivity index (χ0) is 13.7. The lowest BCUT2D eigenvalue weighted by Gasteiger charge is -2.05. The van der Waals surface area contributed by atoms with Crippen LogP contribution >= 0.6 is 0 Å². The Bertz CT molecular complexity index is 566. The average molecular weight is 256 g/mol.